The van der Waals surface area contributed by atoms with E-state index in [-0.39, 0.29) is 29.3 Å². The third-order valence-corrected chi connectivity index (χ3v) is 7.65. The van der Waals surface area contributed by atoms with Crippen LogP contribution in [0.15, 0.2) is 139 Å². The lowest BCUT2D eigenvalue weighted by molar-refractivity contribution is -0.142. The Labute approximate surface area is 205 Å². The van der Waals surface area contributed by atoms with Gasteiger partial charge in [-0.15, -0.1) is 0 Å². The first-order chi connectivity index (χ1) is 17.2. The quantitative estimate of drug-likeness (QED) is 0.261. The van der Waals surface area contributed by atoms with E-state index in [0.717, 1.165) is 27.8 Å². The first-order valence-electron chi connectivity index (χ1n) is 12.1. The van der Waals surface area contributed by atoms with Gasteiger partial charge in [0.15, 0.2) is 5.78 Å². The maximum absolute atomic E-state index is 14.2. The molecule has 0 heterocycles. The molecule has 4 aromatic carbocycles. The second-order valence-corrected chi connectivity index (χ2v) is 9.36. The van der Waals surface area contributed by atoms with Crippen LogP contribution in [0.25, 0.3) is 5.57 Å². The fraction of sp³-hybridized carbons (Fsp3) is 0.121. The Bertz CT molecular complexity index is 1320. The minimum absolute atomic E-state index is 0.0141. The predicted molar refractivity (Wildman–Crippen MR) is 140 cm³/mol. The number of Topliss-reactive ketones (excluding diaryl/α,β-unsaturated/α-hetero) is 1. The van der Waals surface area contributed by atoms with Crippen LogP contribution >= 0.6 is 0 Å². The highest BCUT2D eigenvalue weighted by Crippen LogP contribution is 2.61. The van der Waals surface area contributed by atoms with Crippen LogP contribution in [0, 0.1) is 17.8 Å². The average Bonchev–Trinajstić information content (AvgIpc) is 3.33. The van der Waals surface area contributed by atoms with Gasteiger partial charge in [0.2, 0.25) is 0 Å². The number of aliphatic hydroxyl groups is 1. The molecule has 2 aliphatic carbocycles. The molecule has 4 aromatic rings. The summed E-state index contributed by atoms with van der Waals surface area (Å²) in [5.41, 5.74) is 3.97. The summed E-state index contributed by atoms with van der Waals surface area (Å²) in [4.78, 5) is 14.2. The minimum Gasteiger partial charge on any atom is -0.511 e. The summed E-state index contributed by atoms with van der Waals surface area (Å²) in [6.45, 7) is 0. The van der Waals surface area contributed by atoms with Gasteiger partial charge in [0.1, 0.15) is 5.76 Å². The third kappa shape index (κ3) is 3.21. The van der Waals surface area contributed by atoms with E-state index < -0.39 is 5.41 Å². The number of allylic oxidation sites excluding steroid dienone is 2. The summed E-state index contributed by atoms with van der Waals surface area (Å²) in [6, 6.07) is 40.0. The standard InChI is InChI=1S/C33H26O2/c34-31(29(23-13-5-1-6-14-23)24-15-7-2-8-16-24)27-21-22-28-30(27)32(35)33(28,25-17-9-3-10-18-25)26-19-11-4-12-20-26/h1-22,27-28,30,34H. The summed E-state index contributed by atoms with van der Waals surface area (Å²) in [6.07, 6.45) is 4.20. The Morgan fingerprint density at radius 1 is 0.600 bits per heavy atom. The normalized spacial score (nSPS) is 21.7. The van der Waals surface area contributed by atoms with Crippen LogP contribution in [0.3, 0.4) is 0 Å². The van der Waals surface area contributed by atoms with E-state index in [0.29, 0.717) is 0 Å². The lowest BCUT2D eigenvalue weighted by Gasteiger charge is -2.52. The van der Waals surface area contributed by atoms with Crippen LogP contribution in [0.4, 0.5) is 0 Å². The number of fused-ring (bicyclic) bond motifs is 1. The zero-order valence-corrected chi connectivity index (χ0v) is 19.3. The van der Waals surface area contributed by atoms with Gasteiger partial charge in [-0.25, -0.2) is 0 Å². The highest BCUT2D eigenvalue weighted by Gasteiger charge is 2.66. The molecule has 2 nitrogen and oxygen atoms in total. The molecule has 0 amide bonds. The lowest BCUT2D eigenvalue weighted by Crippen LogP contribution is -2.61. The van der Waals surface area contributed by atoms with E-state index in [1.165, 1.54) is 0 Å². The molecule has 1 fully saturated rings. The van der Waals surface area contributed by atoms with E-state index in [9.17, 15) is 9.90 Å². The van der Waals surface area contributed by atoms with Gasteiger partial charge < -0.3 is 5.11 Å². The molecule has 0 radical (unpaired) electrons. The Kier molecular flexibility index (Phi) is 5.22. The number of carbonyl (C=O) groups is 1. The van der Waals surface area contributed by atoms with Crippen molar-refractivity contribution in [2.24, 2.45) is 17.8 Å². The van der Waals surface area contributed by atoms with E-state index in [2.05, 4.69) is 30.3 Å². The molecule has 0 aliphatic heterocycles. The largest absolute Gasteiger partial charge is 0.511 e. The van der Waals surface area contributed by atoms with Crippen molar-refractivity contribution in [1.29, 1.82) is 0 Å². The summed E-state index contributed by atoms with van der Waals surface area (Å²) in [5, 5.41) is 11.7. The van der Waals surface area contributed by atoms with Crippen molar-refractivity contribution >= 4 is 11.4 Å². The Morgan fingerprint density at radius 2 is 1.03 bits per heavy atom. The summed E-state index contributed by atoms with van der Waals surface area (Å²) in [5.74, 6) is -0.239. The number of rotatable bonds is 5. The number of hydrogen-bond donors (Lipinski definition) is 1. The Morgan fingerprint density at radius 3 is 1.49 bits per heavy atom. The van der Waals surface area contributed by atoms with Crippen LogP contribution in [-0.2, 0) is 10.2 Å². The molecule has 170 valence electrons. The van der Waals surface area contributed by atoms with Crippen molar-refractivity contribution in [3.63, 3.8) is 0 Å². The molecule has 1 saturated carbocycles. The van der Waals surface area contributed by atoms with Crippen LogP contribution in [0.5, 0.6) is 0 Å². The highest BCUT2D eigenvalue weighted by atomic mass is 16.3. The summed E-state index contributed by atoms with van der Waals surface area (Å²) >= 11 is 0. The maximum atomic E-state index is 14.2. The first-order valence-corrected chi connectivity index (χ1v) is 12.1. The van der Waals surface area contributed by atoms with Gasteiger partial charge in [0.25, 0.3) is 0 Å². The van der Waals surface area contributed by atoms with Gasteiger partial charge in [-0.05, 0) is 22.3 Å². The summed E-state index contributed by atoms with van der Waals surface area (Å²) in [7, 11) is 0. The molecule has 0 bridgehead atoms. The Balaban J connectivity index is 1.47. The fourth-order valence-corrected chi connectivity index (χ4v) is 6.11. The van der Waals surface area contributed by atoms with Gasteiger partial charge in [-0.2, -0.15) is 0 Å². The van der Waals surface area contributed by atoms with E-state index in [1.807, 2.05) is 103 Å². The monoisotopic (exact) mass is 454 g/mol. The van der Waals surface area contributed by atoms with Crippen molar-refractivity contribution in [2.75, 3.05) is 0 Å². The van der Waals surface area contributed by atoms with Gasteiger partial charge in [-0.3, -0.25) is 4.79 Å². The second-order valence-electron chi connectivity index (χ2n) is 9.36. The van der Waals surface area contributed by atoms with E-state index in [4.69, 9.17) is 0 Å². The molecule has 2 heteroatoms. The molecule has 0 saturated heterocycles. The third-order valence-electron chi connectivity index (χ3n) is 7.65. The molecule has 3 unspecified atom stereocenters. The zero-order chi connectivity index (χ0) is 23.8. The van der Waals surface area contributed by atoms with Gasteiger partial charge in [0.05, 0.1) is 5.41 Å². The summed E-state index contributed by atoms with van der Waals surface area (Å²) < 4.78 is 0. The molecule has 0 spiro atoms. The number of ketones is 1. The molecule has 1 N–H and O–H groups in total. The topological polar surface area (TPSA) is 37.3 Å². The molecule has 3 atom stereocenters. The van der Waals surface area contributed by atoms with Crippen molar-refractivity contribution in [3.05, 3.63) is 161 Å². The van der Waals surface area contributed by atoms with Crippen LogP contribution in [0.1, 0.15) is 22.3 Å². The van der Waals surface area contributed by atoms with Gasteiger partial charge in [0, 0.05) is 23.3 Å². The van der Waals surface area contributed by atoms with Crippen molar-refractivity contribution < 1.29 is 9.90 Å². The van der Waals surface area contributed by atoms with E-state index >= 15 is 0 Å². The average molecular weight is 455 g/mol. The lowest BCUT2D eigenvalue weighted by atomic mass is 9.47. The smallest absolute Gasteiger partial charge is 0.153 e. The highest BCUT2D eigenvalue weighted by molar-refractivity contribution is 6.04. The molecular formula is C33H26O2. The Hall–Kier alpha value is -4.17. The minimum atomic E-state index is -0.724. The SMILES string of the molecule is O=C1C2C(C(O)=C(c3ccccc3)c3ccccc3)C=CC2C1(c1ccccc1)c1ccccc1. The van der Waals surface area contributed by atoms with Crippen molar-refractivity contribution in [2.45, 2.75) is 5.41 Å². The van der Waals surface area contributed by atoms with Crippen LogP contribution in [0.2, 0.25) is 0 Å². The molecule has 0 aromatic heterocycles. The van der Waals surface area contributed by atoms with E-state index in [1.54, 1.807) is 0 Å². The van der Waals surface area contributed by atoms with Crippen molar-refractivity contribution in [1.82, 2.24) is 0 Å². The van der Waals surface area contributed by atoms with Crippen molar-refractivity contribution in [3.8, 4) is 0 Å². The maximum Gasteiger partial charge on any atom is 0.153 e. The second kappa shape index (κ2) is 8.56. The first kappa shape index (κ1) is 21.4. The van der Waals surface area contributed by atoms with Gasteiger partial charge in [-0.1, -0.05) is 133 Å². The number of hydrogen-bond acceptors (Lipinski definition) is 2. The predicted octanol–water partition coefficient (Wildman–Crippen LogP) is 6.99. The fourth-order valence-electron chi connectivity index (χ4n) is 6.11. The molecule has 35 heavy (non-hydrogen) atoms. The molecule has 2 aliphatic rings. The number of benzene rings is 4. The van der Waals surface area contributed by atoms with Crippen LogP contribution < -0.4 is 0 Å². The van der Waals surface area contributed by atoms with Gasteiger partial charge >= 0.3 is 0 Å². The zero-order valence-electron chi connectivity index (χ0n) is 19.3. The van der Waals surface area contributed by atoms with Crippen LogP contribution in [-0.4, -0.2) is 10.9 Å². The number of aliphatic hydroxyl groups excluding tert-OH is 1. The molecular weight excluding hydrogens is 428 g/mol. The molecule has 6 rings (SSSR count). The number of carbonyl (C=O) groups excluding carboxylic acids is 1.